The van der Waals surface area contributed by atoms with Crippen molar-refractivity contribution >= 4 is 5.91 Å². The summed E-state index contributed by atoms with van der Waals surface area (Å²) in [6.45, 7) is 0. The monoisotopic (exact) mass is 517 g/mol. The second kappa shape index (κ2) is 8.79. The average Bonchev–Trinajstić information content (AvgIpc) is 3.30. The van der Waals surface area contributed by atoms with Gasteiger partial charge in [-0.05, 0) is 17.7 Å². The van der Waals surface area contributed by atoms with Crippen molar-refractivity contribution in [1.29, 1.82) is 0 Å². The summed E-state index contributed by atoms with van der Waals surface area (Å²) in [5, 5.41) is 6.82. The molecule has 8 nitrogen and oxygen atoms in total. The smallest absolute Gasteiger partial charge is 0.408 e. The molecule has 0 aliphatic carbocycles. The Morgan fingerprint density at radius 2 is 1.74 bits per heavy atom. The quantitative estimate of drug-likeness (QED) is 0.474. The van der Waals surface area contributed by atoms with Crippen LogP contribution in [0.3, 0.4) is 0 Å². The number of primary amides is 1. The van der Waals surface area contributed by atoms with Crippen molar-refractivity contribution in [1.82, 2.24) is 19.6 Å². The second-order valence-electron chi connectivity index (χ2n) is 6.79. The van der Waals surface area contributed by atoms with Gasteiger partial charge in [0.1, 0.15) is 0 Å². The second-order valence-corrected chi connectivity index (χ2v) is 6.79. The molecule has 35 heavy (non-hydrogen) atoms. The van der Waals surface area contributed by atoms with E-state index in [9.17, 15) is 44.3 Å². The molecule has 0 radical (unpaired) electrons. The Balaban J connectivity index is 2.04. The van der Waals surface area contributed by atoms with E-state index in [-0.39, 0.29) is 11.1 Å². The number of halogens is 9. The summed E-state index contributed by atoms with van der Waals surface area (Å²) in [5.41, 5.74) is 3.74. The van der Waals surface area contributed by atoms with Gasteiger partial charge in [-0.2, -0.15) is 27.1 Å². The maximum atomic E-state index is 13.8. The molecule has 2 N–H and O–H groups in total. The number of carbonyl (C=O) groups is 1. The molecule has 0 fully saturated rings. The van der Waals surface area contributed by atoms with Crippen LogP contribution in [0.25, 0.3) is 16.9 Å². The molecule has 1 atom stereocenters. The van der Waals surface area contributed by atoms with E-state index in [0.717, 1.165) is 19.4 Å². The van der Waals surface area contributed by atoms with Crippen LogP contribution in [-0.2, 0) is 18.0 Å². The zero-order valence-corrected chi connectivity index (χ0v) is 17.0. The molecule has 2 aromatic heterocycles. The first-order valence-corrected chi connectivity index (χ1v) is 9.04. The van der Waals surface area contributed by atoms with E-state index >= 15 is 0 Å². The third kappa shape index (κ3) is 5.67. The predicted octanol–water partition coefficient (Wildman–Crippen LogP) is 4.19. The number of nitrogens with two attached hydrogens (primary N) is 1. The number of alkyl halides is 9. The van der Waals surface area contributed by atoms with Gasteiger partial charge in [0.05, 0.1) is 6.20 Å². The Kier molecular flexibility index (Phi) is 6.49. The molecule has 1 aromatic carbocycles. The van der Waals surface area contributed by atoms with Crippen LogP contribution in [0.4, 0.5) is 39.5 Å². The molecule has 1 amide bonds. The fourth-order valence-electron chi connectivity index (χ4n) is 2.87. The molecule has 0 saturated heterocycles. The van der Waals surface area contributed by atoms with Crippen LogP contribution in [0.5, 0.6) is 5.88 Å². The molecule has 0 aliphatic rings. The number of aryl methyl sites for hydroxylation is 1. The van der Waals surface area contributed by atoms with Crippen molar-refractivity contribution in [3.63, 3.8) is 0 Å². The number of amides is 1. The fourth-order valence-corrected chi connectivity index (χ4v) is 2.87. The normalized spacial score (nSPS) is 13.7. The van der Waals surface area contributed by atoms with E-state index < -0.39 is 48.2 Å². The topological polar surface area (TPSA) is 97.2 Å². The Hall–Kier alpha value is -3.76. The van der Waals surface area contributed by atoms with E-state index in [1.807, 2.05) is 0 Å². The molecule has 3 rings (SSSR count). The third-order valence-electron chi connectivity index (χ3n) is 4.28. The highest BCUT2D eigenvalue weighted by molar-refractivity contribution is 5.94. The maximum absolute atomic E-state index is 13.8. The summed E-state index contributed by atoms with van der Waals surface area (Å²) in [5.74, 6) is -3.71. The van der Waals surface area contributed by atoms with Crippen molar-refractivity contribution < 1.29 is 53.8 Å². The van der Waals surface area contributed by atoms with E-state index in [2.05, 4.69) is 19.7 Å². The maximum Gasteiger partial charge on any atom is 0.525 e. The molecule has 0 spiro atoms. The molecule has 0 bridgehead atoms. The van der Waals surface area contributed by atoms with Gasteiger partial charge in [0, 0.05) is 24.4 Å². The number of ether oxygens (including phenoxy) is 2. The van der Waals surface area contributed by atoms with Gasteiger partial charge in [0.25, 0.3) is 5.88 Å². The van der Waals surface area contributed by atoms with Crippen molar-refractivity contribution in [2.45, 2.75) is 25.0 Å². The number of aromatic nitrogens is 4. The zero-order chi connectivity index (χ0) is 26.3. The first-order valence-electron chi connectivity index (χ1n) is 9.04. The molecule has 1 unspecified atom stereocenters. The van der Waals surface area contributed by atoms with Crippen LogP contribution < -0.4 is 10.5 Å². The highest BCUT2D eigenvalue weighted by atomic mass is 19.4. The SMILES string of the molecule is Cn1nc(OC(F)(F)C(F)OC(F)(F)F)c(C(F)(F)F)c1-n1cc(-c2cccc(C(N)=O)c2)cn1. The Morgan fingerprint density at radius 3 is 2.31 bits per heavy atom. The van der Waals surface area contributed by atoms with Crippen molar-refractivity contribution in [3.05, 3.63) is 47.8 Å². The van der Waals surface area contributed by atoms with Gasteiger partial charge in [-0.25, -0.2) is 18.5 Å². The Morgan fingerprint density at radius 1 is 1.09 bits per heavy atom. The third-order valence-corrected chi connectivity index (χ3v) is 4.28. The van der Waals surface area contributed by atoms with Crippen LogP contribution in [-0.4, -0.2) is 44.3 Å². The fraction of sp³-hybridized carbons (Fsp3) is 0.278. The summed E-state index contributed by atoms with van der Waals surface area (Å²) in [4.78, 5) is 11.3. The van der Waals surface area contributed by atoms with Crippen LogP contribution in [0.1, 0.15) is 15.9 Å². The average molecular weight is 517 g/mol. The van der Waals surface area contributed by atoms with Gasteiger partial charge in [-0.3, -0.25) is 4.79 Å². The van der Waals surface area contributed by atoms with Gasteiger partial charge in [0.2, 0.25) is 5.91 Å². The number of rotatable bonds is 7. The van der Waals surface area contributed by atoms with E-state index in [1.165, 1.54) is 24.3 Å². The number of nitrogens with zero attached hydrogens (tertiary/aromatic N) is 4. The molecule has 2 heterocycles. The highest BCUT2D eigenvalue weighted by Gasteiger charge is 2.53. The minimum atomic E-state index is -5.87. The lowest BCUT2D eigenvalue weighted by Crippen LogP contribution is -2.41. The molecule has 0 saturated carbocycles. The van der Waals surface area contributed by atoms with Crippen LogP contribution in [0, 0.1) is 0 Å². The Labute approximate surface area is 188 Å². The molecule has 190 valence electrons. The number of benzene rings is 1. The Bertz CT molecular complexity index is 1230. The number of carbonyl (C=O) groups excluding carboxylic acids is 1. The van der Waals surface area contributed by atoms with Gasteiger partial charge in [-0.15, -0.1) is 18.3 Å². The van der Waals surface area contributed by atoms with E-state index in [1.54, 1.807) is 0 Å². The van der Waals surface area contributed by atoms with Gasteiger partial charge >= 0.3 is 25.0 Å². The summed E-state index contributed by atoms with van der Waals surface area (Å²) < 4.78 is 125. The lowest BCUT2D eigenvalue weighted by Gasteiger charge is -2.21. The molecule has 17 heteroatoms. The lowest BCUT2D eigenvalue weighted by atomic mass is 10.1. The zero-order valence-electron chi connectivity index (χ0n) is 17.0. The van der Waals surface area contributed by atoms with Gasteiger partial charge in [0.15, 0.2) is 11.4 Å². The molecular weight excluding hydrogens is 505 g/mol. The van der Waals surface area contributed by atoms with Crippen LogP contribution >= 0.6 is 0 Å². The summed E-state index contributed by atoms with van der Waals surface area (Å²) >= 11 is 0. The van der Waals surface area contributed by atoms with Gasteiger partial charge in [-0.1, -0.05) is 12.1 Å². The summed E-state index contributed by atoms with van der Waals surface area (Å²) in [6.07, 6.45) is -19.3. The summed E-state index contributed by atoms with van der Waals surface area (Å²) in [7, 11) is 0.865. The largest absolute Gasteiger partial charge is 0.525 e. The van der Waals surface area contributed by atoms with Crippen molar-refractivity contribution in [3.8, 4) is 22.8 Å². The van der Waals surface area contributed by atoms with Crippen molar-refractivity contribution in [2.24, 2.45) is 12.8 Å². The van der Waals surface area contributed by atoms with Crippen LogP contribution in [0.15, 0.2) is 36.7 Å². The van der Waals surface area contributed by atoms with Gasteiger partial charge < -0.3 is 10.5 Å². The standard InChI is InChI=1S/C18H12F9N5O3/c1-31-14(32-7-10(6-29-32)8-3-2-4-9(5-8)12(28)33)11(16(20,21)22)13(30-31)34-17(23,24)15(19)35-18(25,26)27/h2-7,15H,1H3,(H2,28,33). The highest BCUT2D eigenvalue weighted by Crippen LogP contribution is 2.42. The van der Waals surface area contributed by atoms with Crippen LogP contribution in [0.2, 0.25) is 0 Å². The molecule has 3 aromatic rings. The minimum absolute atomic E-state index is 0.0755. The van der Waals surface area contributed by atoms with E-state index in [0.29, 0.717) is 14.9 Å². The number of hydrogen-bond acceptors (Lipinski definition) is 5. The molecular formula is C18H12F9N5O3. The first kappa shape index (κ1) is 25.9. The molecule has 0 aliphatic heterocycles. The van der Waals surface area contributed by atoms with E-state index in [4.69, 9.17) is 5.73 Å². The predicted molar refractivity (Wildman–Crippen MR) is 96.9 cm³/mol. The minimum Gasteiger partial charge on any atom is -0.408 e. The number of hydrogen-bond donors (Lipinski definition) is 1. The first-order chi connectivity index (χ1) is 16.0. The summed E-state index contributed by atoms with van der Waals surface area (Å²) in [6, 6.07) is 5.60. The lowest BCUT2D eigenvalue weighted by molar-refractivity contribution is -0.411. The van der Waals surface area contributed by atoms with Crippen molar-refractivity contribution in [2.75, 3.05) is 0 Å².